The lowest BCUT2D eigenvalue weighted by Crippen LogP contribution is -1.95. The van der Waals surface area contributed by atoms with Crippen LogP contribution in [-0.4, -0.2) is 9.97 Å². The van der Waals surface area contributed by atoms with E-state index in [4.69, 9.17) is 28.9 Å². The molecule has 2 aromatic carbocycles. The molecular formula is C14H11Cl2N3. The lowest BCUT2D eigenvalue weighted by molar-refractivity contribution is 1.07. The minimum Gasteiger partial charge on any atom is -0.338 e. The molecule has 5 heteroatoms. The van der Waals surface area contributed by atoms with E-state index in [1.54, 1.807) is 12.1 Å². The highest BCUT2D eigenvalue weighted by atomic mass is 35.5. The van der Waals surface area contributed by atoms with Crippen LogP contribution in [0.15, 0.2) is 36.4 Å². The number of rotatable bonds is 2. The molecule has 0 saturated heterocycles. The fourth-order valence-electron chi connectivity index (χ4n) is 1.99. The molecule has 0 aliphatic carbocycles. The van der Waals surface area contributed by atoms with Crippen molar-refractivity contribution in [3.63, 3.8) is 0 Å². The molecule has 0 radical (unpaired) electrons. The molecule has 0 aliphatic heterocycles. The second-order valence-corrected chi connectivity index (χ2v) is 5.11. The van der Waals surface area contributed by atoms with Gasteiger partial charge < -0.3 is 10.7 Å². The van der Waals surface area contributed by atoms with Gasteiger partial charge in [-0.3, -0.25) is 0 Å². The van der Waals surface area contributed by atoms with Crippen LogP contribution in [0, 0.1) is 0 Å². The second-order valence-electron chi connectivity index (χ2n) is 4.27. The maximum absolute atomic E-state index is 6.19. The summed E-state index contributed by atoms with van der Waals surface area (Å²) in [6.07, 6.45) is 0. The average molecular weight is 292 g/mol. The molecule has 0 spiro atoms. The zero-order valence-corrected chi connectivity index (χ0v) is 11.5. The predicted octanol–water partition coefficient (Wildman–Crippen LogP) is 4.00. The number of hydrogen-bond donors (Lipinski definition) is 2. The van der Waals surface area contributed by atoms with Gasteiger partial charge in [0.25, 0.3) is 0 Å². The third-order valence-electron chi connectivity index (χ3n) is 2.97. The molecule has 3 nitrogen and oxygen atoms in total. The molecule has 3 N–H and O–H groups in total. The van der Waals surface area contributed by atoms with Crippen molar-refractivity contribution in [2.45, 2.75) is 6.54 Å². The molecule has 0 amide bonds. The van der Waals surface area contributed by atoms with Gasteiger partial charge in [0.05, 0.1) is 16.1 Å². The van der Waals surface area contributed by atoms with Crippen LogP contribution in [0.3, 0.4) is 0 Å². The maximum Gasteiger partial charge on any atom is 0.139 e. The van der Waals surface area contributed by atoms with Crippen molar-refractivity contribution in [1.82, 2.24) is 9.97 Å². The summed E-state index contributed by atoms with van der Waals surface area (Å²) in [6.45, 7) is 0.506. The summed E-state index contributed by atoms with van der Waals surface area (Å²) >= 11 is 12.1. The van der Waals surface area contributed by atoms with Gasteiger partial charge in [0, 0.05) is 17.1 Å². The first-order valence-electron chi connectivity index (χ1n) is 5.81. The molecule has 1 aromatic heterocycles. The van der Waals surface area contributed by atoms with Crippen LogP contribution < -0.4 is 5.73 Å². The Balaban J connectivity index is 2.14. The minimum absolute atomic E-state index is 0.506. The lowest BCUT2D eigenvalue weighted by Gasteiger charge is -2.00. The van der Waals surface area contributed by atoms with Gasteiger partial charge in [0.1, 0.15) is 5.82 Å². The van der Waals surface area contributed by atoms with Gasteiger partial charge in [-0.2, -0.15) is 0 Å². The Kier molecular flexibility index (Phi) is 3.19. The Labute approximate surface area is 120 Å². The van der Waals surface area contributed by atoms with E-state index in [0.29, 0.717) is 16.6 Å². The van der Waals surface area contributed by atoms with Gasteiger partial charge in [-0.1, -0.05) is 29.3 Å². The Morgan fingerprint density at radius 1 is 1.11 bits per heavy atom. The van der Waals surface area contributed by atoms with Crippen LogP contribution >= 0.6 is 23.2 Å². The number of imidazole rings is 1. The van der Waals surface area contributed by atoms with Crippen molar-refractivity contribution in [1.29, 1.82) is 0 Å². The summed E-state index contributed by atoms with van der Waals surface area (Å²) < 4.78 is 0. The molecule has 0 bridgehead atoms. The summed E-state index contributed by atoms with van der Waals surface area (Å²) in [6, 6.07) is 11.3. The van der Waals surface area contributed by atoms with E-state index in [0.717, 1.165) is 28.0 Å². The van der Waals surface area contributed by atoms with Gasteiger partial charge in [0.2, 0.25) is 0 Å². The summed E-state index contributed by atoms with van der Waals surface area (Å²) in [5.74, 6) is 0.728. The molecule has 0 atom stereocenters. The smallest absolute Gasteiger partial charge is 0.139 e. The van der Waals surface area contributed by atoms with E-state index in [2.05, 4.69) is 9.97 Å². The molecule has 0 fully saturated rings. The monoisotopic (exact) mass is 291 g/mol. The molecule has 3 rings (SSSR count). The van der Waals surface area contributed by atoms with Gasteiger partial charge in [-0.25, -0.2) is 4.98 Å². The quantitative estimate of drug-likeness (QED) is 0.750. The average Bonchev–Trinajstić information content (AvgIpc) is 2.80. The number of fused-ring (bicyclic) bond motifs is 1. The third kappa shape index (κ3) is 2.32. The van der Waals surface area contributed by atoms with E-state index in [9.17, 15) is 0 Å². The fraction of sp³-hybridized carbons (Fsp3) is 0.0714. The molecular weight excluding hydrogens is 281 g/mol. The van der Waals surface area contributed by atoms with Crippen molar-refractivity contribution in [2.24, 2.45) is 5.73 Å². The first-order valence-corrected chi connectivity index (χ1v) is 6.57. The van der Waals surface area contributed by atoms with E-state index < -0.39 is 0 Å². The van der Waals surface area contributed by atoms with Gasteiger partial charge in [-0.05, 0) is 35.9 Å². The number of nitrogens with zero attached hydrogens (tertiary/aromatic N) is 1. The number of benzene rings is 2. The van der Waals surface area contributed by atoms with Crippen molar-refractivity contribution < 1.29 is 0 Å². The SMILES string of the molecule is NCc1ccc2nc(-c3ccc(Cl)cc3Cl)[nH]c2c1. The lowest BCUT2D eigenvalue weighted by atomic mass is 10.2. The number of nitrogens with two attached hydrogens (primary N) is 1. The Morgan fingerprint density at radius 3 is 2.68 bits per heavy atom. The van der Waals surface area contributed by atoms with Crippen LogP contribution in [0.5, 0.6) is 0 Å². The standard InChI is InChI=1S/C14H11Cl2N3/c15-9-2-3-10(11(16)6-9)14-18-12-4-1-8(7-17)5-13(12)19-14/h1-6H,7,17H2,(H,18,19). The van der Waals surface area contributed by atoms with Crippen molar-refractivity contribution in [3.05, 3.63) is 52.0 Å². The van der Waals surface area contributed by atoms with Crippen LogP contribution in [0.25, 0.3) is 22.4 Å². The molecule has 19 heavy (non-hydrogen) atoms. The largest absolute Gasteiger partial charge is 0.338 e. The summed E-state index contributed by atoms with van der Waals surface area (Å²) in [4.78, 5) is 7.78. The molecule has 1 heterocycles. The topological polar surface area (TPSA) is 54.7 Å². The Bertz CT molecular complexity index is 750. The first-order chi connectivity index (χ1) is 9.17. The van der Waals surface area contributed by atoms with Gasteiger partial charge >= 0.3 is 0 Å². The second kappa shape index (κ2) is 4.85. The van der Waals surface area contributed by atoms with Crippen LogP contribution in [0.2, 0.25) is 10.0 Å². The zero-order valence-electron chi connectivity index (χ0n) is 9.95. The highest BCUT2D eigenvalue weighted by Crippen LogP contribution is 2.29. The molecule has 0 aliphatic rings. The number of nitrogens with one attached hydrogen (secondary N) is 1. The van der Waals surface area contributed by atoms with Crippen LogP contribution in [-0.2, 0) is 6.54 Å². The van der Waals surface area contributed by atoms with E-state index in [1.165, 1.54) is 0 Å². The van der Waals surface area contributed by atoms with Crippen molar-refractivity contribution in [3.8, 4) is 11.4 Å². The fourth-order valence-corrected chi connectivity index (χ4v) is 2.49. The predicted molar refractivity (Wildman–Crippen MR) is 79.4 cm³/mol. The van der Waals surface area contributed by atoms with Crippen LogP contribution in [0.1, 0.15) is 5.56 Å². The maximum atomic E-state index is 6.19. The first kappa shape index (κ1) is 12.5. The zero-order chi connectivity index (χ0) is 13.4. The van der Waals surface area contributed by atoms with E-state index in [1.807, 2.05) is 24.3 Å². The van der Waals surface area contributed by atoms with E-state index in [-0.39, 0.29) is 0 Å². The van der Waals surface area contributed by atoms with Gasteiger partial charge in [-0.15, -0.1) is 0 Å². The molecule has 0 saturated carbocycles. The van der Waals surface area contributed by atoms with Crippen LogP contribution in [0.4, 0.5) is 0 Å². The number of aromatic amines is 1. The summed E-state index contributed by atoms with van der Waals surface area (Å²) in [7, 11) is 0. The van der Waals surface area contributed by atoms with Gasteiger partial charge in [0.15, 0.2) is 0 Å². The highest BCUT2D eigenvalue weighted by molar-refractivity contribution is 6.36. The van der Waals surface area contributed by atoms with Crippen molar-refractivity contribution >= 4 is 34.2 Å². The Morgan fingerprint density at radius 2 is 1.95 bits per heavy atom. The number of H-pyrrole nitrogens is 1. The Hall–Kier alpha value is -1.55. The summed E-state index contributed by atoms with van der Waals surface area (Å²) in [5.41, 5.74) is 9.36. The molecule has 96 valence electrons. The normalized spacial score (nSPS) is 11.1. The van der Waals surface area contributed by atoms with E-state index >= 15 is 0 Å². The number of hydrogen-bond acceptors (Lipinski definition) is 2. The summed E-state index contributed by atoms with van der Waals surface area (Å²) in [5, 5.41) is 1.18. The van der Waals surface area contributed by atoms with Crippen molar-refractivity contribution in [2.75, 3.05) is 0 Å². The third-order valence-corrected chi connectivity index (χ3v) is 3.52. The minimum atomic E-state index is 0.506. The highest BCUT2D eigenvalue weighted by Gasteiger charge is 2.09. The number of halogens is 2. The molecule has 0 unspecified atom stereocenters. The molecule has 3 aromatic rings. The number of aromatic nitrogens is 2.